The molecule has 1 atom stereocenters. The maximum Gasteiger partial charge on any atom is 0.262 e. The van der Waals surface area contributed by atoms with Gasteiger partial charge in [-0.15, -0.1) is 0 Å². The van der Waals surface area contributed by atoms with E-state index in [0.29, 0.717) is 5.56 Å². The van der Waals surface area contributed by atoms with Crippen molar-refractivity contribution < 1.29 is 4.79 Å². The van der Waals surface area contributed by atoms with Crippen LogP contribution in [-0.4, -0.2) is 5.91 Å². The Labute approximate surface area is 161 Å². The van der Waals surface area contributed by atoms with E-state index in [4.69, 9.17) is 0 Å². The van der Waals surface area contributed by atoms with Crippen molar-refractivity contribution in [3.8, 4) is 0 Å². The van der Waals surface area contributed by atoms with Crippen LogP contribution >= 0.6 is 15.9 Å². The number of nitrogens with one attached hydrogen (secondary N) is 1. The van der Waals surface area contributed by atoms with Crippen molar-refractivity contribution in [3.05, 3.63) is 94.0 Å². The van der Waals surface area contributed by atoms with E-state index >= 15 is 0 Å². The lowest BCUT2D eigenvalue weighted by Gasteiger charge is -2.38. The molecule has 1 aliphatic rings. The molecule has 1 unspecified atom stereocenters. The molecule has 3 aromatic rings. The van der Waals surface area contributed by atoms with Crippen LogP contribution in [0.1, 0.15) is 34.6 Å². The Morgan fingerprint density at radius 2 is 1.65 bits per heavy atom. The number of benzene rings is 3. The zero-order valence-corrected chi connectivity index (χ0v) is 16.0. The molecule has 1 heterocycles. The van der Waals surface area contributed by atoms with E-state index in [1.807, 2.05) is 65.6 Å². The zero-order valence-electron chi connectivity index (χ0n) is 14.4. The van der Waals surface area contributed by atoms with Crippen molar-refractivity contribution >= 4 is 33.2 Å². The highest BCUT2D eigenvalue weighted by atomic mass is 79.9. The van der Waals surface area contributed by atoms with Gasteiger partial charge in [0.1, 0.15) is 6.17 Å². The number of carbonyl (C=O) groups excluding carboxylic acids is 1. The van der Waals surface area contributed by atoms with Crippen molar-refractivity contribution in [3.63, 3.8) is 0 Å². The molecule has 3 aromatic carbocycles. The third-order valence-electron chi connectivity index (χ3n) is 4.74. The van der Waals surface area contributed by atoms with Crippen molar-refractivity contribution in [1.29, 1.82) is 0 Å². The third kappa shape index (κ3) is 3.01. The molecule has 1 N–H and O–H groups in total. The van der Waals surface area contributed by atoms with Crippen LogP contribution in [0.5, 0.6) is 0 Å². The van der Waals surface area contributed by atoms with Gasteiger partial charge in [-0.3, -0.25) is 9.69 Å². The Bertz CT molecular complexity index is 935. The van der Waals surface area contributed by atoms with Crippen LogP contribution in [0.25, 0.3) is 0 Å². The standard InChI is InChI=1S/C22H19BrN2O/c1-2-15-7-13-18(14-8-15)25-21(16-9-11-17(23)12-10-16)24-20-6-4-3-5-19(20)22(25)26/h3-14,21,24H,2H2,1H3. The number of carbonyl (C=O) groups is 1. The molecule has 0 bridgehead atoms. The minimum Gasteiger partial charge on any atom is -0.360 e. The monoisotopic (exact) mass is 406 g/mol. The lowest BCUT2D eigenvalue weighted by atomic mass is 10.0. The summed E-state index contributed by atoms with van der Waals surface area (Å²) in [5.41, 5.74) is 4.75. The molecule has 1 aliphatic heterocycles. The number of aryl methyl sites for hydroxylation is 1. The van der Waals surface area contributed by atoms with Gasteiger partial charge in [0.2, 0.25) is 0 Å². The molecule has 4 heteroatoms. The second-order valence-corrected chi connectivity index (χ2v) is 7.25. The largest absolute Gasteiger partial charge is 0.360 e. The lowest BCUT2D eigenvalue weighted by molar-refractivity contribution is 0.0975. The van der Waals surface area contributed by atoms with Gasteiger partial charge in [-0.25, -0.2) is 0 Å². The maximum atomic E-state index is 13.3. The van der Waals surface area contributed by atoms with E-state index in [-0.39, 0.29) is 12.1 Å². The summed E-state index contributed by atoms with van der Waals surface area (Å²) in [6.07, 6.45) is 0.726. The van der Waals surface area contributed by atoms with Crippen LogP contribution in [0.15, 0.2) is 77.3 Å². The molecular weight excluding hydrogens is 388 g/mol. The van der Waals surface area contributed by atoms with Crippen LogP contribution in [0.3, 0.4) is 0 Å². The predicted molar refractivity (Wildman–Crippen MR) is 110 cm³/mol. The first kappa shape index (κ1) is 16.9. The molecule has 0 saturated heterocycles. The Kier molecular flexibility index (Phi) is 4.51. The SMILES string of the molecule is CCc1ccc(N2C(=O)c3ccccc3NC2c2ccc(Br)cc2)cc1. The summed E-state index contributed by atoms with van der Waals surface area (Å²) in [6.45, 7) is 2.13. The van der Waals surface area contributed by atoms with Crippen molar-refractivity contribution in [2.45, 2.75) is 19.5 Å². The Morgan fingerprint density at radius 1 is 0.962 bits per heavy atom. The fourth-order valence-electron chi connectivity index (χ4n) is 3.29. The van der Waals surface area contributed by atoms with Gasteiger partial charge in [-0.2, -0.15) is 0 Å². The predicted octanol–water partition coefficient (Wildman–Crippen LogP) is 5.78. The highest BCUT2D eigenvalue weighted by Gasteiger charge is 2.33. The smallest absolute Gasteiger partial charge is 0.262 e. The minimum absolute atomic E-state index is 0.0107. The van der Waals surface area contributed by atoms with E-state index in [1.165, 1.54) is 5.56 Å². The number of fused-ring (bicyclic) bond motifs is 1. The molecule has 0 aliphatic carbocycles. The fraction of sp³-hybridized carbons (Fsp3) is 0.136. The van der Waals surface area contributed by atoms with Crippen LogP contribution < -0.4 is 10.2 Å². The summed E-state index contributed by atoms with van der Waals surface area (Å²) >= 11 is 3.48. The van der Waals surface area contributed by atoms with Crippen LogP contribution in [-0.2, 0) is 6.42 Å². The molecule has 0 spiro atoms. The number of rotatable bonds is 3. The Hall–Kier alpha value is -2.59. The van der Waals surface area contributed by atoms with Gasteiger partial charge in [0.15, 0.2) is 0 Å². The van der Waals surface area contributed by atoms with Gasteiger partial charge in [0, 0.05) is 15.8 Å². The first-order chi connectivity index (χ1) is 12.7. The highest BCUT2D eigenvalue weighted by molar-refractivity contribution is 9.10. The van der Waals surface area contributed by atoms with Crippen molar-refractivity contribution in [1.82, 2.24) is 0 Å². The topological polar surface area (TPSA) is 32.3 Å². The molecule has 3 nitrogen and oxygen atoms in total. The normalized spacial score (nSPS) is 16.2. The summed E-state index contributed by atoms with van der Waals surface area (Å²) in [5.74, 6) is 0.0107. The second kappa shape index (κ2) is 6.96. The molecular formula is C22H19BrN2O. The number of amides is 1. The molecule has 0 aromatic heterocycles. The molecule has 130 valence electrons. The zero-order chi connectivity index (χ0) is 18.1. The highest BCUT2D eigenvalue weighted by Crippen LogP contribution is 2.36. The first-order valence-corrected chi connectivity index (χ1v) is 9.50. The molecule has 1 amide bonds. The molecule has 4 rings (SSSR count). The summed E-state index contributed by atoms with van der Waals surface area (Å²) in [4.78, 5) is 15.1. The number of nitrogens with zero attached hydrogens (tertiary/aromatic N) is 1. The average molecular weight is 407 g/mol. The van der Waals surface area contributed by atoms with Gasteiger partial charge >= 0.3 is 0 Å². The number of para-hydroxylation sites is 1. The van der Waals surface area contributed by atoms with Crippen LogP contribution in [0.2, 0.25) is 0 Å². The average Bonchev–Trinajstić information content (AvgIpc) is 2.69. The number of halogens is 1. The summed E-state index contributed by atoms with van der Waals surface area (Å²) in [7, 11) is 0. The molecule has 0 saturated carbocycles. The van der Waals surface area contributed by atoms with Crippen molar-refractivity contribution in [2.24, 2.45) is 0 Å². The number of anilines is 2. The molecule has 26 heavy (non-hydrogen) atoms. The molecule has 0 radical (unpaired) electrons. The van der Waals surface area contributed by atoms with Gasteiger partial charge < -0.3 is 5.32 Å². The Balaban J connectivity index is 1.82. The van der Waals surface area contributed by atoms with Gasteiger partial charge in [0.05, 0.1) is 5.56 Å². The Morgan fingerprint density at radius 3 is 2.35 bits per heavy atom. The van der Waals surface area contributed by atoms with E-state index in [9.17, 15) is 4.79 Å². The summed E-state index contributed by atoms with van der Waals surface area (Å²) < 4.78 is 1.02. The number of hydrogen-bond acceptors (Lipinski definition) is 2. The van der Waals surface area contributed by atoms with Crippen LogP contribution in [0.4, 0.5) is 11.4 Å². The van der Waals surface area contributed by atoms with Crippen LogP contribution in [0, 0.1) is 0 Å². The minimum atomic E-state index is -0.252. The van der Waals surface area contributed by atoms with Crippen molar-refractivity contribution in [2.75, 3.05) is 10.2 Å². The van der Waals surface area contributed by atoms with Gasteiger partial charge in [0.25, 0.3) is 5.91 Å². The first-order valence-electron chi connectivity index (χ1n) is 8.71. The molecule has 0 fully saturated rings. The van der Waals surface area contributed by atoms with E-state index in [1.54, 1.807) is 0 Å². The van der Waals surface area contributed by atoms with Gasteiger partial charge in [-0.05, 0) is 53.9 Å². The second-order valence-electron chi connectivity index (χ2n) is 6.34. The van der Waals surface area contributed by atoms with E-state index in [2.05, 4.69) is 40.3 Å². The third-order valence-corrected chi connectivity index (χ3v) is 5.26. The fourth-order valence-corrected chi connectivity index (χ4v) is 3.55. The summed E-state index contributed by atoms with van der Waals surface area (Å²) in [6, 6.07) is 24.0. The summed E-state index contributed by atoms with van der Waals surface area (Å²) in [5, 5.41) is 3.53. The number of hydrogen-bond donors (Lipinski definition) is 1. The van der Waals surface area contributed by atoms with Gasteiger partial charge in [-0.1, -0.05) is 59.3 Å². The lowest BCUT2D eigenvalue weighted by Crippen LogP contribution is -2.43. The van der Waals surface area contributed by atoms with E-state index in [0.717, 1.165) is 27.8 Å². The quantitative estimate of drug-likeness (QED) is 0.597. The maximum absolute atomic E-state index is 13.3. The van der Waals surface area contributed by atoms with E-state index < -0.39 is 0 Å².